The Kier molecular flexibility index (Phi) is 7.23. The van der Waals surface area contributed by atoms with Crippen molar-refractivity contribution in [1.29, 1.82) is 0 Å². The topological polar surface area (TPSA) is 79.0 Å². The van der Waals surface area contributed by atoms with Gasteiger partial charge in [0.25, 0.3) is 0 Å². The predicted molar refractivity (Wildman–Crippen MR) is 119 cm³/mol. The van der Waals surface area contributed by atoms with Gasteiger partial charge in [-0.1, -0.05) is 18.2 Å². The summed E-state index contributed by atoms with van der Waals surface area (Å²) in [5, 5.41) is 3.05. The first-order valence-corrected chi connectivity index (χ1v) is 11.3. The predicted octanol–water partition coefficient (Wildman–Crippen LogP) is 4.03. The zero-order valence-corrected chi connectivity index (χ0v) is 19.1. The van der Waals surface area contributed by atoms with E-state index in [0.717, 1.165) is 18.4 Å². The first-order valence-electron chi connectivity index (χ1n) is 11.3. The van der Waals surface area contributed by atoms with Crippen LogP contribution in [0.1, 0.15) is 58.9 Å². The van der Waals surface area contributed by atoms with Crippen molar-refractivity contribution in [2.75, 3.05) is 25.0 Å². The lowest BCUT2D eigenvalue weighted by molar-refractivity contribution is -0.135. The van der Waals surface area contributed by atoms with Gasteiger partial charge in [-0.15, -0.1) is 0 Å². The van der Waals surface area contributed by atoms with Crippen molar-refractivity contribution >= 4 is 23.6 Å². The molecule has 1 aliphatic carbocycles. The molecule has 1 aromatic rings. The summed E-state index contributed by atoms with van der Waals surface area (Å²) in [5.74, 6) is 0.352. The molecule has 0 atom stereocenters. The number of nitrogens with zero attached hydrogens (tertiary/aromatic N) is 2. The Bertz CT molecular complexity index is 805. The van der Waals surface area contributed by atoms with E-state index in [0.29, 0.717) is 44.7 Å². The SMILES string of the molecule is CCN(Cc1ccccc1NC(=O)C1CCN(C(=O)C2CC2)CC1)C(=O)OC(C)(C)C. The Balaban J connectivity index is 1.59. The van der Waals surface area contributed by atoms with Crippen molar-refractivity contribution < 1.29 is 19.1 Å². The standard InChI is InChI=1S/C24H35N3O4/c1-5-26(23(30)31-24(2,3)4)16-19-8-6-7-9-20(19)25-21(28)17-12-14-27(15-13-17)22(29)18-10-11-18/h6-9,17-18H,5,10-16H2,1-4H3,(H,25,28). The second kappa shape index (κ2) is 9.71. The van der Waals surface area contributed by atoms with Crippen molar-refractivity contribution in [3.05, 3.63) is 29.8 Å². The minimum atomic E-state index is -0.562. The van der Waals surface area contributed by atoms with Crippen molar-refractivity contribution in [2.24, 2.45) is 11.8 Å². The maximum absolute atomic E-state index is 12.9. The van der Waals surface area contributed by atoms with Gasteiger partial charge in [0, 0.05) is 37.2 Å². The number of amides is 3. The number of carbonyl (C=O) groups is 3. The molecule has 3 amide bonds. The van der Waals surface area contributed by atoms with Crippen molar-refractivity contribution in [3.63, 3.8) is 0 Å². The average Bonchev–Trinajstić information content (AvgIpc) is 3.56. The minimum absolute atomic E-state index is 0.0220. The van der Waals surface area contributed by atoms with Gasteiger partial charge in [0.05, 0.1) is 6.54 Å². The van der Waals surface area contributed by atoms with Gasteiger partial charge in [-0.2, -0.15) is 0 Å². The molecular weight excluding hydrogens is 394 g/mol. The van der Waals surface area contributed by atoms with Crippen LogP contribution >= 0.6 is 0 Å². The Morgan fingerprint density at radius 1 is 1.06 bits per heavy atom. The van der Waals surface area contributed by atoms with Crippen LogP contribution in [0.25, 0.3) is 0 Å². The van der Waals surface area contributed by atoms with E-state index in [-0.39, 0.29) is 29.7 Å². The molecule has 1 aliphatic heterocycles. The molecule has 0 aromatic heterocycles. The van der Waals surface area contributed by atoms with E-state index in [4.69, 9.17) is 4.74 Å². The fourth-order valence-electron chi connectivity index (χ4n) is 3.80. The molecule has 0 radical (unpaired) electrons. The molecule has 0 bridgehead atoms. The van der Waals surface area contributed by atoms with Crippen LogP contribution in [0.5, 0.6) is 0 Å². The molecule has 1 N–H and O–H groups in total. The summed E-state index contributed by atoms with van der Waals surface area (Å²) in [6.07, 6.45) is 3.02. The van der Waals surface area contributed by atoms with Crippen LogP contribution in [0.2, 0.25) is 0 Å². The van der Waals surface area contributed by atoms with E-state index in [1.165, 1.54) is 0 Å². The highest BCUT2D eigenvalue weighted by Gasteiger charge is 2.36. The number of nitrogens with one attached hydrogen (secondary N) is 1. The summed E-state index contributed by atoms with van der Waals surface area (Å²) in [4.78, 5) is 41.2. The average molecular weight is 430 g/mol. The van der Waals surface area contributed by atoms with E-state index < -0.39 is 5.60 Å². The van der Waals surface area contributed by atoms with E-state index >= 15 is 0 Å². The van der Waals surface area contributed by atoms with Crippen LogP contribution in [0.15, 0.2) is 24.3 Å². The number of rotatable bonds is 6. The van der Waals surface area contributed by atoms with E-state index in [2.05, 4.69) is 5.32 Å². The van der Waals surface area contributed by atoms with Crippen molar-refractivity contribution in [3.8, 4) is 0 Å². The van der Waals surface area contributed by atoms with Crippen LogP contribution < -0.4 is 5.32 Å². The molecule has 1 saturated carbocycles. The Morgan fingerprint density at radius 2 is 1.71 bits per heavy atom. The van der Waals surface area contributed by atoms with Crippen LogP contribution in [0.4, 0.5) is 10.5 Å². The van der Waals surface area contributed by atoms with Gasteiger partial charge in [0.1, 0.15) is 5.60 Å². The molecule has 31 heavy (non-hydrogen) atoms. The van der Waals surface area contributed by atoms with Gasteiger partial charge in [-0.05, 0) is 65.0 Å². The Hall–Kier alpha value is -2.57. The third-order valence-electron chi connectivity index (χ3n) is 5.77. The maximum Gasteiger partial charge on any atom is 0.410 e. The number of piperidine rings is 1. The first-order chi connectivity index (χ1) is 14.7. The molecule has 7 nitrogen and oxygen atoms in total. The second-order valence-electron chi connectivity index (χ2n) is 9.51. The second-order valence-corrected chi connectivity index (χ2v) is 9.51. The highest BCUT2D eigenvalue weighted by molar-refractivity contribution is 5.93. The summed E-state index contributed by atoms with van der Waals surface area (Å²) < 4.78 is 5.50. The maximum atomic E-state index is 12.9. The molecule has 1 saturated heterocycles. The Labute approximate surface area is 185 Å². The fraction of sp³-hybridized carbons (Fsp3) is 0.625. The van der Waals surface area contributed by atoms with Gasteiger partial charge in [0.15, 0.2) is 0 Å². The zero-order valence-electron chi connectivity index (χ0n) is 19.1. The van der Waals surface area contributed by atoms with E-state index in [1.54, 1.807) is 4.90 Å². The van der Waals surface area contributed by atoms with Gasteiger partial charge in [0.2, 0.25) is 11.8 Å². The lowest BCUT2D eigenvalue weighted by Crippen LogP contribution is -2.42. The van der Waals surface area contributed by atoms with Gasteiger partial charge in [-0.25, -0.2) is 4.79 Å². The van der Waals surface area contributed by atoms with Crippen LogP contribution in [0, 0.1) is 11.8 Å². The first kappa shape index (κ1) is 23.1. The van der Waals surface area contributed by atoms with Crippen LogP contribution in [-0.2, 0) is 20.9 Å². The van der Waals surface area contributed by atoms with Gasteiger partial charge >= 0.3 is 6.09 Å². The summed E-state index contributed by atoms with van der Waals surface area (Å²) in [7, 11) is 0. The number of likely N-dealkylation sites (tertiary alicyclic amines) is 1. The molecule has 3 rings (SSSR count). The normalized spacial score (nSPS) is 17.2. The van der Waals surface area contributed by atoms with Crippen molar-refractivity contribution in [1.82, 2.24) is 9.80 Å². The van der Waals surface area contributed by atoms with E-state index in [1.807, 2.05) is 56.9 Å². The van der Waals surface area contributed by atoms with Crippen LogP contribution in [0.3, 0.4) is 0 Å². The zero-order chi connectivity index (χ0) is 22.6. The van der Waals surface area contributed by atoms with Gasteiger partial charge < -0.3 is 19.9 Å². The number of anilines is 1. The molecule has 2 fully saturated rings. The van der Waals surface area contributed by atoms with Crippen LogP contribution in [-0.4, -0.2) is 52.9 Å². The fourth-order valence-corrected chi connectivity index (χ4v) is 3.80. The Morgan fingerprint density at radius 3 is 2.29 bits per heavy atom. The summed E-state index contributed by atoms with van der Waals surface area (Å²) in [5.41, 5.74) is 1.02. The molecule has 0 unspecified atom stereocenters. The van der Waals surface area contributed by atoms with E-state index in [9.17, 15) is 14.4 Å². The largest absolute Gasteiger partial charge is 0.444 e. The third-order valence-corrected chi connectivity index (χ3v) is 5.77. The minimum Gasteiger partial charge on any atom is -0.444 e. The molecule has 0 spiro atoms. The number of carbonyl (C=O) groups excluding carboxylic acids is 3. The third kappa shape index (κ3) is 6.45. The lowest BCUT2D eigenvalue weighted by Gasteiger charge is -2.31. The highest BCUT2D eigenvalue weighted by Crippen LogP contribution is 2.32. The molecular formula is C24H35N3O4. The molecule has 170 valence electrons. The molecule has 1 heterocycles. The summed E-state index contributed by atoms with van der Waals surface area (Å²) in [6.45, 7) is 9.60. The number of ether oxygens (including phenoxy) is 1. The molecule has 2 aliphatic rings. The molecule has 7 heteroatoms. The van der Waals surface area contributed by atoms with Gasteiger partial charge in [-0.3, -0.25) is 9.59 Å². The summed E-state index contributed by atoms with van der Waals surface area (Å²) in [6, 6.07) is 7.55. The number of benzene rings is 1. The lowest BCUT2D eigenvalue weighted by atomic mass is 9.95. The smallest absolute Gasteiger partial charge is 0.410 e. The monoisotopic (exact) mass is 429 g/mol. The number of hydrogen-bond donors (Lipinski definition) is 1. The quantitative estimate of drug-likeness (QED) is 0.740. The molecule has 1 aromatic carbocycles. The van der Waals surface area contributed by atoms with Crippen molar-refractivity contribution in [2.45, 2.75) is 65.5 Å². The summed E-state index contributed by atoms with van der Waals surface area (Å²) >= 11 is 0. The number of hydrogen-bond acceptors (Lipinski definition) is 4. The highest BCUT2D eigenvalue weighted by atomic mass is 16.6. The number of para-hydroxylation sites is 1.